The monoisotopic (exact) mass is 259 g/mol. The van der Waals surface area contributed by atoms with Gasteiger partial charge in [0.05, 0.1) is 0 Å². The maximum absolute atomic E-state index is 6.13. The average molecular weight is 259 g/mol. The highest BCUT2D eigenvalue weighted by molar-refractivity contribution is 5.45. The van der Waals surface area contributed by atoms with Crippen LogP contribution in [0.1, 0.15) is 51.7 Å². The molecule has 0 bridgehead atoms. The molecule has 1 saturated carbocycles. The van der Waals surface area contributed by atoms with Crippen LogP contribution >= 0.6 is 0 Å². The van der Waals surface area contributed by atoms with Crippen LogP contribution in [0.25, 0.3) is 0 Å². The first-order valence-corrected chi connectivity index (χ1v) is 7.42. The maximum atomic E-state index is 6.13. The van der Waals surface area contributed by atoms with Gasteiger partial charge in [-0.05, 0) is 52.0 Å². The SMILES string of the molecule is CC1(C)Cc2cccc(CNC(C)(C)C3CC3)c2O1. The van der Waals surface area contributed by atoms with Crippen molar-refractivity contribution < 1.29 is 4.74 Å². The molecule has 0 radical (unpaired) electrons. The molecule has 2 aliphatic rings. The highest BCUT2D eigenvalue weighted by Gasteiger charge is 2.37. The Morgan fingerprint density at radius 3 is 2.74 bits per heavy atom. The third kappa shape index (κ3) is 2.64. The summed E-state index contributed by atoms with van der Waals surface area (Å²) in [5, 5.41) is 3.71. The number of benzene rings is 1. The van der Waals surface area contributed by atoms with E-state index in [2.05, 4.69) is 51.2 Å². The maximum Gasteiger partial charge on any atom is 0.127 e. The molecule has 1 aliphatic heterocycles. The van der Waals surface area contributed by atoms with Crippen LogP contribution in [0.4, 0.5) is 0 Å². The van der Waals surface area contributed by atoms with E-state index < -0.39 is 0 Å². The second-order valence-corrected chi connectivity index (χ2v) is 7.29. The van der Waals surface area contributed by atoms with E-state index >= 15 is 0 Å². The van der Waals surface area contributed by atoms with Crippen molar-refractivity contribution in [2.75, 3.05) is 0 Å². The topological polar surface area (TPSA) is 21.3 Å². The minimum Gasteiger partial charge on any atom is -0.487 e. The zero-order valence-electron chi connectivity index (χ0n) is 12.5. The van der Waals surface area contributed by atoms with Gasteiger partial charge in [0.2, 0.25) is 0 Å². The summed E-state index contributed by atoms with van der Waals surface area (Å²) in [6, 6.07) is 6.54. The van der Waals surface area contributed by atoms with Crippen molar-refractivity contribution >= 4 is 0 Å². The molecule has 19 heavy (non-hydrogen) atoms. The fraction of sp³-hybridized carbons (Fsp3) is 0.647. The summed E-state index contributed by atoms with van der Waals surface area (Å²) in [7, 11) is 0. The van der Waals surface area contributed by atoms with Gasteiger partial charge in [0, 0.05) is 24.1 Å². The van der Waals surface area contributed by atoms with Crippen LogP contribution in [-0.4, -0.2) is 11.1 Å². The van der Waals surface area contributed by atoms with Crippen LogP contribution in [0, 0.1) is 5.92 Å². The van der Waals surface area contributed by atoms with Gasteiger partial charge in [-0.3, -0.25) is 0 Å². The van der Waals surface area contributed by atoms with E-state index in [0.717, 1.165) is 24.6 Å². The Hall–Kier alpha value is -1.02. The molecule has 0 spiro atoms. The first kappa shape index (κ1) is 13.0. The van der Waals surface area contributed by atoms with Gasteiger partial charge >= 0.3 is 0 Å². The summed E-state index contributed by atoms with van der Waals surface area (Å²) >= 11 is 0. The fourth-order valence-corrected chi connectivity index (χ4v) is 3.09. The Labute approximate surface area is 116 Å². The molecule has 0 atom stereocenters. The molecular formula is C17H25NO. The van der Waals surface area contributed by atoms with Gasteiger partial charge in [-0.15, -0.1) is 0 Å². The summed E-state index contributed by atoms with van der Waals surface area (Å²) in [6.07, 6.45) is 3.76. The third-order valence-electron chi connectivity index (χ3n) is 4.51. The van der Waals surface area contributed by atoms with E-state index in [1.54, 1.807) is 0 Å². The normalized spacial score (nSPS) is 21.1. The Kier molecular flexibility index (Phi) is 2.90. The lowest BCUT2D eigenvalue weighted by Gasteiger charge is -2.27. The zero-order valence-corrected chi connectivity index (χ0v) is 12.5. The van der Waals surface area contributed by atoms with Crippen molar-refractivity contribution in [1.29, 1.82) is 0 Å². The van der Waals surface area contributed by atoms with Crippen LogP contribution in [0.5, 0.6) is 5.75 Å². The predicted molar refractivity (Wildman–Crippen MR) is 78.5 cm³/mol. The number of ether oxygens (including phenoxy) is 1. The summed E-state index contributed by atoms with van der Waals surface area (Å²) in [5.74, 6) is 1.97. The second kappa shape index (κ2) is 4.24. The van der Waals surface area contributed by atoms with Gasteiger partial charge in [0.15, 0.2) is 0 Å². The first-order chi connectivity index (χ1) is 8.87. The Morgan fingerprint density at radius 2 is 2.05 bits per heavy atom. The van der Waals surface area contributed by atoms with Gasteiger partial charge in [0.1, 0.15) is 11.4 Å². The van der Waals surface area contributed by atoms with E-state index in [1.165, 1.54) is 24.0 Å². The Balaban J connectivity index is 1.74. The average Bonchev–Trinajstić information content (AvgIpc) is 3.09. The number of para-hydroxylation sites is 1. The molecule has 0 saturated heterocycles. The molecule has 0 unspecified atom stereocenters. The highest BCUT2D eigenvalue weighted by atomic mass is 16.5. The predicted octanol–water partition coefficient (Wildman–Crippen LogP) is 3.68. The minimum absolute atomic E-state index is 0.0511. The largest absolute Gasteiger partial charge is 0.487 e. The molecule has 2 heteroatoms. The van der Waals surface area contributed by atoms with Gasteiger partial charge in [0.25, 0.3) is 0 Å². The van der Waals surface area contributed by atoms with E-state index in [4.69, 9.17) is 4.74 Å². The van der Waals surface area contributed by atoms with Crippen molar-refractivity contribution in [3.8, 4) is 5.75 Å². The molecule has 1 aromatic carbocycles. The lowest BCUT2D eigenvalue weighted by atomic mass is 9.97. The van der Waals surface area contributed by atoms with Gasteiger partial charge in [-0.1, -0.05) is 18.2 Å². The van der Waals surface area contributed by atoms with E-state index in [1.807, 2.05) is 0 Å². The fourth-order valence-electron chi connectivity index (χ4n) is 3.09. The van der Waals surface area contributed by atoms with Crippen molar-refractivity contribution in [2.24, 2.45) is 5.92 Å². The molecule has 1 N–H and O–H groups in total. The van der Waals surface area contributed by atoms with E-state index in [0.29, 0.717) is 0 Å². The van der Waals surface area contributed by atoms with Crippen LogP contribution in [-0.2, 0) is 13.0 Å². The lowest BCUT2D eigenvalue weighted by molar-refractivity contribution is 0.137. The van der Waals surface area contributed by atoms with Crippen molar-refractivity contribution in [3.63, 3.8) is 0 Å². The second-order valence-electron chi connectivity index (χ2n) is 7.29. The number of nitrogens with one attached hydrogen (secondary N) is 1. The van der Waals surface area contributed by atoms with Crippen LogP contribution in [0.3, 0.4) is 0 Å². The molecule has 0 amide bonds. The van der Waals surface area contributed by atoms with E-state index in [-0.39, 0.29) is 11.1 Å². The quantitative estimate of drug-likeness (QED) is 0.890. The Bertz CT molecular complexity index is 486. The van der Waals surface area contributed by atoms with Crippen LogP contribution in [0.2, 0.25) is 0 Å². The van der Waals surface area contributed by atoms with Crippen LogP contribution < -0.4 is 10.1 Å². The number of hydrogen-bond donors (Lipinski definition) is 1. The van der Waals surface area contributed by atoms with Gasteiger partial charge in [-0.25, -0.2) is 0 Å². The zero-order chi connectivity index (χ0) is 13.7. The Morgan fingerprint density at radius 1 is 1.32 bits per heavy atom. The smallest absolute Gasteiger partial charge is 0.127 e. The first-order valence-electron chi connectivity index (χ1n) is 7.42. The van der Waals surface area contributed by atoms with E-state index in [9.17, 15) is 0 Å². The van der Waals surface area contributed by atoms with Crippen molar-refractivity contribution in [2.45, 2.75) is 64.6 Å². The molecule has 1 fully saturated rings. The molecule has 104 valence electrons. The highest BCUT2D eigenvalue weighted by Crippen LogP contribution is 2.41. The standard InChI is InChI=1S/C17H25NO/c1-16(2)10-12-6-5-7-13(15(12)19-16)11-18-17(3,4)14-8-9-14/h5-7,14,18H,8-11H2,1-4H3. The molecule has 1 heterocycles. The summed E-state index contributed by atoms with van der Waals surface area (Å²) in [4.78, 5) is 0. The molecule has 0 aromatic heterocycles. The number of hydrogen-bond acceptors (Lipinski definition) is 2. The third-order valence-corrected chi connectivity index (χ3v) is 4.51. The molecule has 3 rings (SSSR count). The summed E-state index contributed by atoms with van der Waals surface area (Å²) < 4.78 is 6.13. The number of fused-ring (bicyclic) bond motifs is 1. The lowest BCUT2D eigenvalue weighted by Crippen LogP contribution is -2.40. The van der Waals surface area contributed by atoms with Crippen molar-refractivity contribution in [1.82, 2.24) is 5.32 Å². The molecule has 2 nitrogen and oxygen atoms in total. The molecule has 1 aromatic rings. The van der Waals surface area contributed by atoms with Crippen molar-refractivity contribution in [3.05, 3.63) is 29.3 Å². The van der Waals surface area contributed by atoms with Gasteiger partial charge < -0.3 is 10.1 Å². The summed E-state index contributed by atoms with van der Waals surface area (Å²) in [6.45, 7) is 9.87. The molecular weight excluding hydrogens is 234 g/mol. The van der Waals surface area contributed by atoms with Crippen LogP contribution in [0.15, 0.2) is 18.2 Å². The summed E-state index contributed by atoms with van der Waals surface area (Å²) in [5.41, 5.74) is 2.85. The minimum atomic E-state index is -0.0511. The number of rotatable bonds is 4. The molecule has 1 aliphatic carbocycles. The van der Waals surface area contributed by atoms with Gasteiger partial charge in [-0.2, -0.15) is 0 Å².